The molecule has 0 saturated carbocycles. The van der Waals surface area contributed by atoms with Gasteiger partial charge in [-0.2, -0.15) is 0 Å². The molecule has 0 fully saturated rings. The number of hydrogen-bond donors (Lipinski definition) is 2. The molecule has 1 aromatic carbocycles. The number of carbonyl (C=O) groups excluding carboxylic acids is 1. The molecular weight excluding hydrogens is 220 g/mol. The predicted octanol–water partition coefficient (Wildman–Crippen LogP) is 1.13. The molecule has 88 valence electrons. The van der Waals surface area contributed by atoms with Gasteiger partial charge in [0.1, 0.15) is 6.54 Å². The number of hydrogen-bond acceptors (Lipinski definition) is 2. The summed E-state index contributed by atoms with van der Waals surface area (Å²) in [6, 6.07) is 4.81. The molecule has 0 aliphatic heterocycles. The van der Waals surface area contributed by atoms with Crippen molar-refractivity contribution in [3.8, 4) is 0 Å². The molecular formula is C12H12N2O3. The molecule has 5 heteroatoms. The first-order valence-corrected chi connectivity index (χ1v) is 5.10. The molecule has 2 aromatic rings. The monoisotopic (exact) mass is 232 g/mol. The van der Waals surface area contributed by atoms with E-state index < -0.39 is 11.9 Å². The molecule has 1 amide bonds. The van der Waals surface area contributed by atoms with Crippen LogP contribution in [-0.4, -0.2) is 21.6 Å². The van der Waals surface area contributed by atoms with Crippen LogP contribution in [0.5, 0.6) is 0 Å². The second kappa shape index (κ2) is 3.93. The predicted molar refractivity (Wildman–Crippen MR) is 62.8 cm³/mol. The fourth-order valence-corrected chi connectivity index (χ4v) is 1.91. The molecule has 17 heavy (non-hydrogen) atoms. The van der Waals surface area contributed by atoms with Crippen LogP contribution in [0, 0.1) is 6.92 Å². The van der Waals surface area contributed by atoms with E-state index >= 15 is 0 Å². The summed E-state index contributed by atoms with van der Waals surface area (Å²) < 4.78 is 1.72. The summed E-state index contributed by atoms with van der Waals surface area (Å²) in [5.41, 5.74) is 7.11. The van der Waals surface area contributed by atoms with Crippen LogP contribution in [-0.2, 0) is 11.3 Å². The van der Waals surface area contributed by atoms with E-state index in [1.807, 2.05) is 6.92 Å². The molecule has 0 radical (unpaired) electrons. The van der Waals surface area contributed by atoms with Crippen LogP contribution in [0.3, 0.4) is 0 Å². The van der Waals surface area contributed by atoms with Gasteiger partial charge in [0.15, 0.2) is 0 Å². The lowest BCUT2D eigenvalue weighted by Gasteiger charge is -2.02. The minimum Gasteiger partial charge on any atom is -0.478 e. The van der Waals surface area contributed by atoms with Crippen molar-refractivity contribution in [2.75, 3.05) is 0 Å². The number of nitrogens with two attached hydrogens (primary N) is 1. The number of carboxylic acids is 1. The Kier molecular flexibility index (Phi) is 2.59. The van der Waals surface area contributed by atoms with E-state index in [4.69, 9.17) is 10.8 Å². The largest absolute Gasteiger partial charge is 0.478 e. The van der Waals surface area contributed by atoms with Gasteiger partial charge in [0, 0.05) is 17.1 Å². The topological polar surface area (TPSA) is 85.3 Å². The van der Waals surface area contributed by atoms with Crippen molar-refractivity contribution in [3.63, 3.8) is 0 Å². The number of fused-ring (bicyclic) bond motifs is 1. The van der Waals surface area contributed by atoms with Crippen LogP contribution >= 0.6 is 0 Å². The Bertz CT molecular complexity index is 613. The van der Waals surface area contributed by atoms with Gasteiger partial charge in [-0.1, -0.05) is 0 Å². The molecule has 0 aliphatic carbocycles. The molecule has 5 nitrogen and oxygen atoms in total. The quantitative estimate of drug-likeness (QED) is 0.831. The summed E-state index contributed by atoms with van der Waals surface area (Å²) in [6.45, 7) is 1.96. The van der Waals surface area contributed by atoms with Gasteiger partial charge in [0.05, 0.1) is 5.56 Å². The average Bonchev–Trinajstić information content (AvgIpc) is 2.54. The fourth-order valence-electron chi connectivity index (χ4n) is 1.91. The van der Waals surface area contributed by atoms with Crippen LogP contribution in [0.15, 0.2) is 24.4 Å². The lowest BCUT2D eigenvalue weighted by Crippen LogP contribution is -2.17. The zero-order valence-electron chi connectivity index (χ0n) is 9.30. The van der Waals surface area contributed by atoms with Gasteiger partial charge in [-0.3, -0.25) is 4.79 Å². The zero-order valence-corrected chi connectivity index (χ0v) is 9.30. The third-order valence-corrected chi connectivity index (χ3v) is 2.65. The highest BCUT2D eigenvalue weighted by atomic mass is 16.4. The van der Waals surface area contributed by atoms with Crippen molar-refractivity contribution in [1.29, 1.82) is 0 Å². The zero-order chi connectivity index (χ0) is 12.6. The third-order valence-electron chi connectivity index (χ3n) is 2.65. The minimum atomic E-state index is -0.964. The Hall–Kier alpha value is -2.30. The highest BCUT2D eigenvalue weighted by molar-refractivity contribution is 5.95. The van der Waals surface area contributed by atoms with E-state index in [0.29, 0.717) is 0 Å². The third kappa shape index (κ3) is 1.99. The van der Waals surface area contributed by atoms with Crippen molar-refractivity contribution in [1.82, 2.24) is 4.57 Å². The number of carbonyl (C=O) groups is 2. The van der Waals surface area contributed by atoms with Gasteiger partial charge < -0.3 is 15.4 Å². The number of aromatic carboxylic acids is 1. The Morgan fingerprint density at radius 2 is 2.12 bits per heavy atom. The number of rotatable bonds is 3. The maximum Gasteiger partial charge on any atom is 0.335 e. The second-order valence-electron chi connectivity index (χ2n) is 3.94. The van der Waals surface area contributed by atoms with Crippen LogP contribution in [0.2, 0.25) is 0 Å². The van der Waals surface area contributed by atoms with E-state index in [-0.39, 0.29) is 12.1 Å². The van der Waals surface area contributed by atoms with Crippen molar-refractivity contribution >= 4 is 22.8 Å². The van der Waals surface area contributed by atoms with Gasteiger partial charge >= 0.3 is 5.97 Å². The summed E-state index contributed by atoms with van der Waals surface area (Å²) in [5, 5.41) is 9.73. The molecule has 0 bridgehead atoms. The summed E-state index contributed by atoms with van der Waals surface area (Å²) in [6.07, 6.45) is 1.79. The number of carboxylic acid groups (broad SMARTS) is 1. The fraction of sp³-hybridized carbons (Fsp3) is 0.167. The van der Waals surface area contributed by atoms with Gasteiger partial charge in [-0.15, -0.1) is 0 Å². The molecule has 1 heterocycles. The number of nitrogens with zero attached hydrogens (tertiary/aromatic N) is 1. The molecule has 2 rings (SSSR count). The Morgan fingerprint density at radius 1 is 1.41 bits per heavy atom. The van der Waals surface area contributed by atoms with Crippen molar-refractivity contribution in [2.45, 2.75) is 13.5 Å². The van der Waals surface area contributed by atoms with Gasteiger partial charge in [0.2, 0.25) is 5.91 Å². The number of primary amides is 1. The minimum absolute atomic E-state index is 0.0940. The summed E-state index contributed by atoms with van der Waals surface area (Å²) in [7, 11) is 0. The number of benzene rings is 1. The van der Waals surface area contributed by atoms with Gasteiger partial charge in [-0.05, 0) is 30.7 Å². The van der Waals surface area contributed by atoms with Crippen LogP contribution < -0.4 is 5.73 Å². The average molecular weight is 232 g/mol. The standard InChI is InChI=1S/C12H12N2O3/c1-7-5-14(6-11(13)15)10-3-2-8(12(16)17)4-9(7)10/h2-5H,6H2,1H3,(H2,13,15)(H,16,17). The van der Waals surface area contributed by atoms with E-state index in [1.54, 1.807) is 22.9 Å². The van der Waals surface area contributed by atoms with Crippen LogP contribution in [0.1, 0.15) is 15.9 Å². The van der Waals surface area contributed by atoms with Crippen molar-refractivity contribution in [3.05, 3.63) is 35.5 Å². The molecule has 0 unspecified atom stereocenters. The lowest BCUT2D eigenvalue weighted by molar-refractivity contribution is -0.118. The first kappa shape index (κ1) is 11.2. The van der Waals surface area contributed by atoms with Crippen molar-refractivity contribution < 1.29 is 14.7 Å². The Labute approximate surface area is 97.4 Å². The number of amides is 1. The van der Waals surface area contributed by atoms with Crippen LogP contribution in [0.25, 0.3) is 10.9 Å². The normalized spacial score (nSPS) is 10.6. The lowest BCUT2D eigenvalue weighted by atomic mass is 10.1. The van der Waals surface area contributed by atoms with E-state index in [9.17, 15) is 9.59 Å². The Morgan fingerprint density at radius 3 is 2.71 bits per heavy atom. The number of aromatic nitrogens is 1. The van der Waals surface area contributed by atoms with Gasteiger partial charge in [0.25, 0.3) is 0 Å². The van der Waals surface area contributed by atoms with E-state index in [1.165, 1.54) is 6.07 Å². The molecule has 0 atom stereocenters. The maximum absolute atomic E-state index is 10.9. The first-order valence-electron chi connectivity index (χ1n) is 5.10. The maximum atomic E-state index is 10.9. The summed E-state index contributed by atoms with van der Waals surface area (Å²) in [4.78, 5) is 21.8. The SMILES string of the molecule is Cc1cn(CC(N)=O)c2ccc(C(=O)O)cc12. The number of aryl methyl sites for hydroxylation is 1. The molecule has 1 aromatic heterocycles. The molecule has 0 aliphatic rings. The second-order valence-corrected chi connectivity index (χ2v) is 3.94. The first-order chi connectivity index (χ1) is 7.99. The summed E-state index contributed by atoms with van der Waals surface area (Å²) >= 11 is 0. The molecule has 3 N–H and O–H groups in total. The smallest absolute Gasteiger partial charge is 0.335 e. The molecule has 0 saturated heterocycles. The highest BCUT2D eigenvalue weighted by Gasteiger charge is 2.10. The molecule has 0 spiro atoms. The Balaban J connectivity index is 2.60. The summed E-state index contributed by atoms with van der Waals surface area (Å²) in [5.74, 6) is -1.39. The van der Waals surface area contributed by atoms with Crippen LogP contribution in [0.4, 0.5) is 0 Å². The highest BCUT2D eigenvalue weighted by Crippen LogP contribution is 2.22. The van der Waals surface area contributed by atoms with E-state index in [2.05, 4.69) is 0 Å². The van der Waals surface area contributed by atoms with Gasteiger partial charge in [-0.25, -0.2) is 4.79 Å². The van der Waals surface area contributed by atoms with E-state index in [0.717, 1.165) is 16.5 Å². The van der Waals surface area contributed by atoms with Crippen molar-refractivity contribution in [2.24, 2.45) is 5.73 Å².